The van der Waals surface area contributed by atoms with Crippen molar-refractivity contribution < 1.29 is 25.2 Å². The van der Waals surface area contributed by atoms with Crippen molar-refractivity contribution >= 4 is 5.78 Å². The lowest BCUT2D eigenvalue weighted by Crippen LogP contribution is -2.56. The number of carbonyl (C=O) groups excluding carboxylic acids is 1. The van der Waals surface area contributed by atoms with Gasteiger partial charge in [-0.1, -0.05) is 37.5 Å². The van der Waals surface area contributed by atoms with Crippen LogP contribution in [0.15, 0.2) is 48.6 Å². The fraction of sp³-hybridized carbons (Fsp3) is 0.438. The Morgan fingerprint density at radius 1 is 0.952 bits per heavy atom. The average Bonchev–Trinajstić information content (AvgIpc) is 2.51. The predicted molar refractivity (Wildman–Crippen MR) is 79.4 cm³/mol. The fourth-order valence-corrected chi connectivity index (χ4v) is 2.82. The van der Waals surface area contributed by atoms with Crippen LogP contribution >= 0.6 is 0 Å². The molecule has 0 unspecified atom stereocenters. The number of aliphatic hydroxyl groups is 4. The summed E-state index contributed by atoms with van der Waals surface area (Å²) in [5.41, 5.74) is -1.95. The van der Waals surface area contributed by atoms with Crippen molar-refractivity contribution in [3.8, 4) is 0 Å². The molecule has 5 nitrogen and oxygen atoms in total. The van der Waals surface area contributed by atoms with Crippen molar-refractivity contribution in [3.05, 3.63) is 48.6 Å². The van der Waals surface area contributed by atoms with Gasteiger partial charge in [-0.3, -0.25) is 4.79 Å². The summed E-state index contributed by atoms with van der Waals surface area (Å²) in [7, 11) is 0. The van der Waals surface area contributed by atoms with E-state index in [1.165, 1.54) is 12.2 Å². The number of Topliss-reactive ketones (excluding diaryl/α,β-unsaturated/α-hetero) is 1. The Morgan fingerprint density at radius 2 is 1.48 bits per heavy atom. The molecule has 21 heavy (non-hydrogen) atoms. The van der Waals surface area contributed by atoms with Gasteiger partial charge in [0.15, 0.2) is 5.78 Å². The highest BCUT2D eigenvalue weighted by Gasteiger charge is 2.56. The van der Waals surface area contributed by atoms with E-state index in [0.29, 0.717) is 11.1 Å². The Balaban J connectivity index is 3.63. The van der Waals surface area contributed by atoms with Crippen LogP contribution in [0, 0.1) is 10.8 Å². The Labute approximate surface area is 124 Å². The van der Waals surface area contributed by atoms with Crippen molar-refractivity contribution in [1.29, 1.82) is 0 Å². The summed E-state index contributed by atoms with van der Waals surface area (Å²) in [6.07, 6.45) is 6.28. The van der Waals surface area contributed by atoms with Gasteiger partial charge in [0, 0.05) is 0 Å². The average molecular weight is 294 g/mol. The van der Waals surface area contributed by atoms with Gasteiger partial charge in [-0.15, -0.1) is 0 Å². The van der Waals surface area contributed by atoms with Crippen LogP contribution in [-0.4, -0.2) is 52.6 Å². The minimum Gasteiger partial charge on any atom is -0.395 e. The summed E-state index contributed by atoms with van der Waals surface area (Å²) in [5, 5.41) is 38.7. The number of carbonyl (C=O) groups is 1. The molecule has 0 amide bonds. The molecule has 0 aliphatic heterocycles. The maximum Gasteiger partial charge on any atom is 0.159 e. The van der Waals surface area contributed by atoms with E-state index in [9.17, 15) is 25.2 Å². The SMILES string of the molecule is C=CC=C1CC(CO)(CO)C(=O)C(CO)(CO)C1=CC=C. The first-order valence-corrected chi connectivity index (χ1v) is 6.65. The van der Waals surface area contributed by atoms with Gasteiger partial charge in [-0.2, -0.15) is 0 Å². The Kier molecular flexibility index (Phi) is 5.80. The molecular formula is C16H22O5. The summed E-state index contributed by atoms with van der Waals surface area (Å²) in [6.45, 7) is 4.79. The van der Waals surface area contributed by atoms with Gasteiger partial charge >= 0.3 is 0 Å². The van der Waals surface area contributed by atoms with Gasteiger partial charge in [-0.05, 0) is 17.6 Å². The van der Waals surface area contributed by atoms with Crippen LogP contribution in [0.2, 0.25) is 0 Å². The minimum absolute atomic E-state index is 0.103. The zero-order chi connectivity index (χ0) is 16.1. The topological polar surface area (TPSA) is 98.0 Å². The van der Waals surface area contributed by atoms with Crippen LogP contribution in [0.1, 0.15) is 6.42 Å². The van der Waals surface area contributed by atoms with E-state index in [1.54, 1.807) is 12.2 Å². The summed E-state index contributed by atoms with van der Waals surface area (Å²) < 4.78 is 0. The van der Waals surface area contributed by atoms with Crippen molar-refractivity contribution in [1.82, 2.24) is 0 Å². The first kappa shape index (κ1) is 17.5. The van der Waals surface area contributed by atoms with Gasteiger partial charge in [-0.25, -0.2) is 0 Å². The zero-order valence-electron chi connectivity index (χ0n) is 12.0. The Morgan fingerprint density at radius 3 is 1.86 bits per heavy atom. The lowest BCUT2D eigenvalue weighted by Gasteiger charge is -2.46. The van der Waals surface area contributed by atoms with E-state index in [2.05, 4.69) is 13.2 Å². The predicted octanol–water partition coefficient (Wildman–Crippen LogP) is 0.126. The summed E-state index contributed by atoms with van der Waals surface area (Å²) >= 11 is 0. The number of rotatable bonds is 6. The molecule has 0 atom stereocenters. The third kappa shape index (κ3) is 2.65. The molecule has 1 aliphatic rings. The van der Waals surface area contributed by atoms with E-state index >= 15 is 0 Å². The second-order valence-electron chi connectivity index (χ2n) is 5.24. The molecule has 0 heterocycles. The number of ketones is 1. The third-order valence-corrected chi connectivity index (χ3v) is 4.06. The van der Waals surface area contributed by atoms with E-state index in [-0.39, 0.29) is 6.42 Å². The van der Waals surface area contributed by atoms with Crippen LogP contribution in [0.3, 0.4) is 0 Å². The van der Waals surface area contributed by atoms with E-state index in [0.717, 1.165) is 0 Å². The summed E-state index contributed by atoms with van der Waals surface area (Å²) in [4.78, 5) is 12.8. The highest BCUT2D eigenvalue weighted by Crippen LogP contribution is 2.49. The summed E-state index contributed by atoms with van der Waals surface area (Å²) in [6, 6.07) is 0. The van der Waals surface area contributed by atoms with Crippen LogP contribution in [0.25, 0.3) is 0 Å². The molecule has 0 radical (unpaired) electrons. The second kappa shape index (κ2) is 6.95. The largest absolute Gasteiger partial charge is 0.395 e. The van der Waals surface area contributed by atoms with Crippen LogP contribution in [-0.2, 0) is 4.79 Å². The smallest absolute Gasteiger partial charge is 0.159 e. The van der Waals surface area contributed by atoms with Gasteiger partial charge in [0.2, 0.25) is 0 Å². The standard InChI is InChI=1S/C16H22O5/c1-3-5-12-7-15(8-17,9-18)14(21)16(10-19,11-20)13(12)6-4-2/h3-6,17-20H,1-2,7-11H2. The molecule has 0 aromatic rings. The number of hydrogen-bond acceptors (Lipinski definition) is 5. The maximum absolute atomic E-state index is 12.8. The van der Waals surface area contributed by atoms with E-state index < -0.39 is 43.0 Å². The number of allylic oxidation sites excluding steroid dienone is 5. The molecule has 0 aromatic heterocycles. The van der Waals surface area contributed by atoms with Crippen LogP contribution in [0.5, 0.6) is 0 Å². The minimum atomic E-state index is -1.58. The van der Waals surface area contributed by atoms with Gasteiger partial charge in [0.25, 0.3) is 0 Å². The molecule has 5 heteroatoms. The van der Waals surface area contributed by atoms with Crippen LogP contribution < -0.4 is 0 Å². The molecule has 0 spiro atoms. The van der Waals surface area contributed by atoms with E-state index in [1.807, 2.05) is 0 Å². The van der Waals surface area contributed by atoms with Crippen LogP contribution in [0.4, 0.5) is 0 Å². The zero-order valence-corrected chi connectivity index (χ0v) is 12.0. The first-order chi connectivity index (χ1) is 10.0. The van der Waals surface area contributed by atoms with Crippen molar-refractivity contribution in [2.75, 3.05) is 26.4 Å². The lowest BCUT2D eigenvalue weighted by atomic mass is 9.57. The Hall–Kier alpha value is -1.53. The van der Waals surface area contributed by atoms with Crippen molar-refractivity contribution in [3.63, 3.8) is 0 Å². The fourth-order valence-electron chi connectivity index (χ4n) is 2.82. The monoisotopic (exact) mass is 294 g/mol. The van der Waals surface area contributed by atoms with Gasteiger partial charge < -0.3 is 20.4 Å². The third-order valence-electron chi connectivity index (χ3n) is 4.06. The molecular weight excluding hydrogens is 272 g/mol. The highest BCUT2D eigenvalue weighted by atomic mass is 16.3. The molecule has 116 valence electrons. The lowest BCUT2D eigenvalue weighted by molar-refractivity contribution is -0.149. The molecule has 0 saturated heterocycles. The van der Waals surface area contributed by atoms with Crippen molar-refractivity contribution in [2.24, 2.45) is 10.8 Å². The van der Waals surface area contributed by atoms with E-state index in [4.69, 9.17) is 0 Å². The molecule has 1 aliphatic carbocycles. The first-order valence-electron chi connectivity index (χ1n) is 6.65. The molecule has 1 saturated carbocycles. The molecule has 0 aromatic carbocycles. The highest BCUT2D eigenvalue weighted by molar-refractivity contribution is 5.97. The quantitative estimate of drug-likeness (QED) is 0.558. The maximum atomic E-state index is 12.8. The second-order valence-corrected chi connectivity index (χ2v) is 5.24. The molecule has 4 N–H and O–H groups in total. The molecule has 0 bridgehead atoms. The molecule has 1 fully saturated rings. The van der Waals surface area contributed by atoms with Gasteiger partial charge in [0.05, 0.1) is 31.8 Å². The summed E-state index contributed by atoms with van der Waals surface area (Å²) in [5.74, 6) is -0.570. The number of hydrogen-bond donors (Lipinski definition) is 4. The molecule has 1 rings (SSSR count). The Bertz CT molecular complexity index is 479. The number of aliphatic hydroxyl groups excluding tert-OH is 4. The van der Waals surface area contributed by atoms with Crippen molar-refractivity contribution in [2.45, 2.75) is 6.42 Å². The normalized spacial score (nSPS) is 24.3. The van der Waals surface area contributed by atoms with Gasteiger partial charge in [0.1, 0.15) is 5.41 Å².